The van der Waals surface area contributed by atoms with E-state index in [-0.39, 0.29) is 18.2 Å². The molecule has 1 aromatic heterocycles. The van der Waals surface area contributed by atoms with Crippen LogP contribution in [0.1, 0.15) is 27.8 Å². The van der Waals surface area contributed by atoms with Gasteiger partial charge in [-0.1, -0.05) is 42.5 Å². The van der Waals surface area contributed by atoms with Gasteiger partial charge < -0.3 is 24.5 Å². The minimum Gasteiger partial charge on any atom is -0.459 e. The van der Waals surface area contributed by atoms with E-state index in [2.05, 4.69) is 15.5 Å². The van der Waals surface area contributed by atoms with Crippen LogP contribution in [0.25, 0.3) is 0 Å². The zero-order chi connectivity index (χ0) is 26.3. The summed E-state index contributed by atoms with van der Waals surface area (Å²) in [6, 6.07) is 18.7. The molecule has 3 heterocycles. The molecule has 2 atom stereocenters. The third-order valence-electron chi connectivity index (χ3n) is 6.60. The molecule has 0 radical (unpaired) electrons. The van der Waals surface area contributed by atoms with Crippen LogP contribution in [0.3, 0.4) is 0 Å². The molecule has 2 saturated heterocycles. The van der Waals surface area contributed by atoms with Gasteiger partial charge >= 0.3 is 6.09 Å². The van der Waals surface area contributed by atoms with E-state index in [9.17, 15) is 14.4 Å². The molecule has 2 unspecified atom stereocenters. The molecule has 5 rings (SSSR count). The van der Waals surface area contributed by atoms with Gasteiger partial charge in [0.15, 0.2) is 17.9 Å². The average Bonchev–Trinajstić information content (AvgIpc) is 3.59. The minimum absolute atomic E-state index is 0.175. The Kier molecular flexibility index (Phi) is 8.01. The molecule has 0 aliphatic carbocycles. The second-order valence-corrected chi connectivity index (χ2v) is 9.16. The summed E-state index contributed by atoms with van der Waals surface area (Å²) in [6.07, 6.45) is -0.000305. The molecule has 3 aromatic rings. The minimum atomic E-state index is -0.886. The SMILES string of the molecule is O=C(Nc1cccc(C2OC(=O)N(Cc3ccccc3)C2C(=O)NCCN2CCOCC2)c1)c1ccco1. The summed E-state index contributed by atoms with van der Waals surface area (Å²) in [6.45, 7) is 4.35. The topological polar surface area (TPSA) is 113 Å². The summed E-state index contributed by atoms with van der Waals surface area (Å²) in [7, 11) is 0. The number of furan rings is 1. The fourth-order valence-corrected chi connectivity index (χ4v) is 4.65. The molecule has 2 N–H and O–H groups in total. The molecule has 10 nitrogen and oxygen atoms in total. The monoisotopic (exact) mass is 518 g/mol. The molecule has 2 aromatic carbocycles. The maximum atomic E-state index is 13.5. The highest BCUT2D eigenvalue weighted by atomic mass is 16.6. The predicted octanol–water partition coefficient (Wildman–Crippen LogP) is 3.04. The van der Waals surface area contributed by atoms with Gasteiger partial charge in [-0.3, -0.25) is 19.4 Å². The molecule has 2 fully saturated rings. The van der Waals surface area contributed by atoms with Crippen LogP contribution in [0.15, 0.2) is 77.4 Å². The Hall–Kier alpha value is -4.15. The zero-order valence-corrected chi connectivity index (χ0v) is 20.9. The maximum absolute atomic E-state index is 13.5. The summed E-state index contributed by atoms with van der Waals surface area (Å²) >= 11 is 0. The van der Waals surface area contributed by atoms with Gasteiger partial charge in [-0.25, -0.2) is 4.79 Å². The lowest BCUT2D eigenvalue weighted by atomic mass is 10.00. The highest BCUT2D eigenvalue weighted by Crippen LogP contribution is 2.35. The summed E-state index contributed by atoms with van der Waals surface area (Å²) in [4.78, 5) is 42.7. The van der Waals surface area contributed by atoms with Crippen molar-refractivity contribution in [1.82, 2.24) is 15.1 Å². The molecule has 38 heavy (non-hydrogen) atoms. The Morgan fingerprint density at radius 2 is 1.79 bits per heavy atom. The van der Waals surface area contributed by atoms with Crippen LogP contribution in [-0.2, 0) is 20.8 Å². The Morgan fingerprint density at radius 3 is 2.55 bits per heavy atom. The van der Waals surface area contributed by atoms with Crippen LogP contribution in [0.5, 0.6) is 0 Å². The lowest BCUT2D eigenvalue weighted by Crippen LogP contribution is -2.48. The largest absolute Gasteiger partial charge is 0.459 e. The molecule has 0 bridgehead atoms. The van der Waals surface area contributed by atoms with E-state index in [1.165, 1.54) is 11.2 Å². The van der Waals surface area contributed by atoms with Gasteiger partial charge in [-0.15, -0.1) is 0 Å². The van der Waals surface area contributed by atoms with Crippen molar-refractivity contribution in [2.45, 2.75) is 18.7 Å². The lowest BCUT2D eigenvalue weighted by Gasteiger charge is -2.28. The second-order valence-electron chi connectivity index (χ2n) is 9.16. The highest BCUT2D eigenvalue weighted by molar-refractivity contribution is 6.02. The first-order chi connectivity index (χ1) is 18.6. The van der Waals surface area contributed by atoms with Crippen molar-refractivity contribution in [3.8, 4) is 0 Å². The fraction of sp³-hybridized carbons (Fsp3) is 0.321. The number of morpholine rings is 1. The number of carbonyl (C=O) groups is 3. The van der Waals surface area contributed by atoms with E-state index in [4.69, 9.17) is 13.9 Å². The van der Waals surface area contributed by atoms with Crippen molar-refractivity contribution < 1.29 is 28.3 Å². The molecule has 0 saturated carbocycles. The molecular weight excluding hydrogens is 488 g/mol. The molecule has 198 valence electrons. The molecule has 2 aliphatic heterocycles. The third kappa shape index (κ3) is 6.04. The number of anilines is 1. The number of benzene rings is 2. The van der Waals surface area contributed by atoms with Crippen molar-refractivity contribution in [3.05, 3.63) is 89.9 Å². The second kappa shape index (κ2) is 11.9. The summed E-state index contributed by atoms with van der Waals surface area (Å²) in [5.74, 6) is -0.525. The number of hydrogen-bond acceptors (Lipinski definition) is 7. The van der Waals surface area contributed by atoms with Gasteiger partial charge in [0.1, 0.15) is 0 Å². The van der Waals surface area contributed by atoms with Crippen LogP contribution >= 0.6 is 0 Å². The van der Waals surface area contributed by atoms with Gasteiger partial charge in [0.05, 0.1) is 26.0 Å². The number of hydrogen-bond donors (Lipinski definition) is 2. The van der Waals surface area contributed by atoms with Gasteiger partial charge in [0.2, 0.25) is 5.91 Å². The third-order valence-corrected chi connectivity index (χ3v) is 6.60. The first-order valence-corrected chi connectivity index (χ1v) is 12.6. The Balaban J connectivity index is 1.34. The quantitative estimate of drug-likeness (QED) is 0.448. The number of amides is 3. The zero-order valence-electron chi connectivity index (χ0n) is 20.9. The number of ether oxygens (including phenoxy) is 2. The van der Waals surface area contributed by atoms with Crippen LogP contribution in [-0.4, -0.2) is 73.1 Å². The van der Waals surface area contributed by atoms with Crippen LogP contribution < -0.4 is 10.6 Å². The van der Waals surface area contributed by atoms with E-state index >= 15 is 0 Å². The highest BCUT2D eigenvalue weighted by Gasteiger charge is 2.47. The lowest BCUT2D eigenvalue weighted by molar-refractivity contribution is -0.126. The van der Waals surface area contributed by atoms with Crippen molar-refractivity contribution >= 4 is 23.6 Å². The molecular formula is C28H30N4O6. The summed E-state index contributed by atoms with van der Waals surface area (Å²) in [5.41, 5.74) is 1.98. The number of carbonyl (C=O) groups excluding carboxylic acids is 3. The molecule has 10 heteroatoms. The number of cyclic esters (lactones) is 1. The van der Waals surface area contributed by atoms with Crippen molar-refractivity contribution in [2.24, 2.45) is 0 Å². The Labute approximate surface area is 220 Å². The van der Waals surface area contributed by atoms with Crippen molar-refractivity contribution in [2.75, 3.05) is 44.7 Å². The normalized spacial score (nSPS) is 19.7. The van der Waals surface area contributed by atoms with E-state index in [1.54, 1.807) is 36.4 Å². The fourth-order valence-electron chi connectivity index (χ4n) is 4.65. The standard InChI is InChI=1S/C28H30N4O6/c33-26(23-10-5-15-37-23)30-22-9-4-8-21(18-22)25-24(27(34)29-11-12-31-13-16-36-17-14-31)32(28(35)38-25)19-20-6-2-1-3-7-20/h1-10,15,18,24-25H,11-14,16-17,19H2,(H,29,34)(H,30,33). The van der Waals surface area contributed by atoms with Crippen molar-refractivity contribution in [3.63, 3.8) is 0 Å². The summed E-state index contributed by atoms with van der Waals surface area (Å²) < 4.78 is 16.3. The van der Waals surface area contributed by atoms with Gasteiger partial charge in [0, 0.05) is 31.9 Å². The molecule has 0 spiro atoms. The number of rotatable bonds is 9. The number of nitrogens with zero attached hydrogens (tertiary/aromatic N) is 2. The predicted molar refractivity (Wildman–Crippen MR) is 138 cm³/mol. The van der Waals surface area contributed by atoms with E-state index < -0.39 is 24.1 Å². The average molecular weight is 519 g/mol. The smallest absolute Gasteiger partial charge is 0.411 e. The van der Waals surface area contributed by atoms with Gasteiger partial charge in [-0.2, -0.15) is 0 Å². The van der Waals surface area contributed by atoms with Crippen LogP contribution in [0.4, 0.5) is 10.5 Å². The first-order valence-electron chi connectivity index (χ1n) is 12.6. The van der Waals surface area contributed by atoms with Gasteiger partial charge in [-0.05, 0) is 35.4 Å². The van der Waals surface area contributed by atoms with Crippen LogP contribution in [0.2, 0.25) is 0 Å². The first kappa shape index (κ1) is 25.5. The van der Waals surface area contributed by atoms with E-state index in [0.717, 1.165) is 18.7 Å². The molecule has 2 aliphatic rings. The van der Waals surface area contributed by atoms with E-state index in [1.807, 2.05) is 30.3 Å². The Bertz CT molecular complexity index is 1240. The van der Waals surface area contributed by atoms with Crippen molar-refractivity contribution in [1.29, 1.82) is 0 Å². The number of nitrogens with one attached hydrogen (secondary N) is 2. The van der Waals surface area contributed by atoms with E-state index in [0.29, 0.717) is 37.6 Å². The van der Waals surface area contributed by atoms with Crippen LogP contribution in [0, 0.1) is 0 Å². The molecule has 3 amide bonds. The maximum Gasteiger partial charge on any atom is 0.411 e. The van der Waals surface area contributed by atoms with Gasteiger partial charge in [0.25, 0.3) is 5.91 Å². The summed E-state index contributed by atoms with van der Waals surface area (Å²) in [5, 5.41) is 5.78. The Morgan fingerprint density at radius 1 is 0.974 bits per heavy atom.